The number of hydrogen-bond acceptors (Lipinski definition) is 2. The molecule has 2 rings (SSSR count). The van der Waals surface area contributed by atoms with E-state index in [0.29, 0.717) is 22.8 Å². The predicted molar refractivity (Wildman–Crippen MR) is 97.1 cm³/mol. The molecule has 0 aliphatic carbocycles. The summed E-state index contributed by atoms with van der Waals surface area (Å²) in [5.41, 5.74) is 1.58. The molecule has 0 unspecified atom stereocenters. The number of rotatable bonds is 4. The van der Waals surface area contributed by atoms with Gasteiger partial charge >= 0.3 is 0 Å². The van der Waals surface area contributed by atoms with Crippen LogP contribution < -0.4 is 10.6 Å². The number of nitrogens with one attached hydrogen (secondary N) is 2. The molecule has 0 saturated carbocycles. The van der Waals surface area contributed by atoms with Gasteiger partial charge < -0.3 is 10.6 Å². The first-order valence-corrected chi connectivity index (χ1v) is 8.08. The van der Waals surface area contributed by atoms with Crippen LogP contribution in [0.5, 0.6) is 0 Å². The number of anilines is 1. The molecule has 0 saturated heterocycles. The molecule has 2 amide bonds. The maximum absolute atomic E-state index is 12.2. The lowest BCUT2D eigenvalue weighted by molar-refractivity contribution is -0.123. The van der Waals surface area contributed by atoms with Gasteiger partial charge in [0.25, 0.3) is 5.91 Å². The van der Waals surface area contributed by atoms with E-state index in [2.05, 4.69) is 10.6 Å². The second-order valence-corrected chi connectivity index (χ2v) is 6.96. The van der Waals surface area contributed by atoms with Crippen LogP contribution in [0.25, 0.3) is 0 Å². The summed E-state index contributed by atoms with van der Waals surface area (Å²) in [6, 6.07) is 14.2. The van der Waals surface area contributed by atoms with Crippen molar-refractivity contribution in [2.75, 3.05) is 5.32 Å². The van der Waals surface area contributed by atoms with Crippen molar-refractivity contribution >= 4 is 29.1 Å². The van der Waals surface area contributed by atoms with Gasteiger partial charge in [0, 0.05) is 28.2 Å². The largest absolute Gasteiger partial charge is 0.348 e. The molecule has 2 N–H and O–H groups in total. The Hall–Kier alpha value is -2.33. The highest BCUT2D eigenvalue weighted by Gasteiger charge is 2.21. The minimum atomic E-state index is -0.467. The summed E-state index contributed by atoms with van der Waals surface area (Å²) in [6.07, 6.45) is 0. The van der Waals surface area contributed by atoms with Crippen LogP contribution in [0.4, 0.5) is 5.69 Å². The monoisotopic (exact) mass is 344 g/mol. The summed E-state index contributed by atoms with van der Waals surface area (Å²) in [4.78, 5) is 24.1. The molecule has 4 nitrogen and oxygen atoms in total. The Morgan fingerprint density at radius 1 is 1.00 bits per heavy atom. The first-order chi connectivity index (χ1) is 11.3. The molecule has 0 spiro atoms. The van der Waals surface area contributed by atoms with Crippen molar-refractivity contribution in [3.05, 3.63) is 64.7 Å². The van der Waals surface area contributed by atoms with Gasteiger partial charge in [0.15, 0.2) is 0 Å². The minimum absolute atomic E-state index is 0.0709. The molecule has 126 valence electrons. The molecule has 0 aliphatic rings. The van der Waals surface area contributed by atoms with E-state index in [1.807, 2.05) is 39.0 Å². The van der Waals surface area contributed by atoms with Gasteiger partial charge in [-0.15, -0.1) is 0 Å². The zero-order valence-corrected chi connectivity index (χ0v) is 14.8. The Labute approximate surface area is 147 Å². The predicted octanol–water partition coefficient (Wildman–Crippen LogP) is 4.25. The Bertz CT molecular complexity index is 734. The number of halogens is 1. The molecular weight excluding hydrogens is 324 g/mol. The Morgan fingerprint density at radius 2 is 1.62 bits per heavy atom. The highest BCUT2D eigenvalue weighted by atomic mass is 35.5. The number of hydrogen-bond donors (Lipinski definition) is 2. The van der Waals surface area contributed by atoms with Crippen molar-refractivity contribution < 1.29 is 9.59 Å². The van der Waals surface area contributed by atoms with Crippen LogP contribution >= 0.6 is 11.6 Å². The van der Waals surface area contributed by atoms with Crippen LogP contribution in [-0.2, 0) is 11.3 Å². The number of benzene rings is 2. The van der Waals surface area contributed by atoms with Crippen LogP contribution in [-0.4, -0.2) is 11.8 Å². The van der Waals surface area contributed by atoms with Gasteiger partial charge in [-0.05, 0) is 35.9 Å². The lowest BCUT2D eigenvalue weighted by atomic mass is 9.95. The van der Waals surface area contributed by atoms with Gasteiger partial charge in [-0.1, -0.05) is 50.6 Å². The Balaban J connectivity index is 1.96. The molecular formula is C19H21ClN2O2. The molecule has 0 aromatic heterocycles. The first-order valence-electron chi connectivity index (χ1n) is 7.70. The quantitative estimate of drug-likeness (QED) is 0.870. The van der Waals surface area contributed by atoms with Gasteiger partial charge in [-0.3, -0.25) is 9.59 Å². The van der Waals surface area contributed by atoms with Gasteiger partial charge in [-0.2, -0.15) is 0 Å². The fourth-order valence-electron chi connectivity index (χ4n) is 1.94. The van der Waals surface area contributed by atoms with Crippen molar-refractivity contribution in [3.63, 3.8) is 0 Å². The molecule has 0 fully saturated rings. The van der Waals surface area contributed by atoms with E-state index in [9.17, 15) is 9.59 Å². The summed E-state index contributed by atoms with van der Waals surface area (Å²) in [5, 5.41) is 6.28. The van der Waals surface area contributed by atoms with Crippen LogP contribution in [0.15, 0.2) is 48.5 Å². The van der Waals surface area contributed by atoms with Crippen molar-refractivity contribution in [1.82, 2.24) is 5.32 Å². The smallest absolute Gasteiger partial charge is 0.251 e. The van der Waals surface area contributed by atoms with Crippen molar-refractivity contribution in [2.45, 2.75) is 27.3 Å². The van der Waals surface area contributed by atoms with Crippen molar-refractivity contribution in [1.29, 1.82) is 0 Å². The molecule has 0 heterocycles. The van der Waals surface area contributed by atoms with Crippen molar-refractivity contribution in [3.8, 4) is 0 Å². The van der Waals surface area contributed by atoms with Gasteiger partial charge in [-0.25, -0.2) is 0 Å². The average Bonchev–Trinajstić information content (AvgIpc) is 2.53. The van der Waals surface area contributed by atoms with E-state index in [1.165, 1.54) is 0 Å². The van der Waals surface area contributed by atoms with Crippen LogP contribution in [0.2, 0.25) is 5.02 Å². The normalized spacial score (nSPS) is 11.0. The minimum Gasteiger partial charge on any atom is -0.348 e. The van der Waals surface area contributed by atoms with E-state index in [4.69, 9.17) is 11.6 Å². The lowest BCUT2D eigenvalue weighted by Gasteiger charge is -2.17. The lowest BCUT2D eigenvalue weighted by Crippen LogP contribution is -2.27. The highest BCUT2D eigenvalue weighted by molar-refractivity contribution is 6.31. The van der Waals surface area contributed by atoms with Crippen molar-refractivity contribution in [2.24, 2.45) is 5.41 Å². The maximum atomic E-state index is 12.2. The molecule has 24 heavy (non-hydrogen) atoms. The molecule has 0 bridgehead atoms. The van der Waals surface area contributed by atoms with E-state index in [1.54, 1.807) is 30.3 Å². The van der Waals surface area contributed by atoms with E-state index in [0.717, 1.165) is 5.56 Å². The zero-order chi connectivity index (χ0) is 17.7. The topological polar surface area (TPSA) is 58.2 Å². The molecule has 0 radical (unpaired) electrons. The molecule has 2 aromatic carbocycles. The highest BCUT2D eigenvalue weighted by Crippen LogP contribution is 2.18. The van der Waals surface area contributed by atoms with E-state index in [-0.39, 0.29) is 11.8 Å². The fraction of sp³-hybridized carbons (Fsp3) is 0.263. The molecule has 5 heteroatoms. The number of carbonyl (C=O) groups excluding carboxylic acids is 2. The van der Waals surface area contributed by atoms with E-state index >= 15 is 0 Å². The van der Waals surface area contributed by atoms with Crippen LogP contribution in [0, 0.1) is 5.41 Å². The van der Waals surface area contributed by atoms with E-state index < -0.39 is 5.41 Å². The van der Waals surface area contributed by atoms with Crippen LogP contribution in [0.3, 0.4) is 0 Å². The third-order valence-corrected chi connectivity index (χ3v) is 3.85. The van der Waals surface area contributed by atoms with Crippen LogP contribution in [0.1, 0.15) is 36.7 Å². The summed E-state index contributed by atoms with van der Waals surface area (Å²) in [7, 11) is 0. The maximum Gasteiger partial charge on any atom is 0.251 e. The van der Waals surface area contributed by atoms with Gasteiger partial charge in [0.05, 0.1) is 0 Å². The molecule has 0 aliphatic heterocycles. The third kappa shape index (κ3) is 4.83. The summed E-state index contributed by atoms with van der Waals surface area (Å²) in [5.74, 6) is -0.262. The zero-order valence-electron chi connectivity index (χ0n) is 14.0. The number of carbonyl (C=O) groups is 2. The first kappa shape index (κ1) is 18.0. The second-order valence-electron chi connectivity index (χ2n) is 6.56. The molecule has 2 aromatic rings. The summed E-state index contributed by atoms with van der Waals surface area (Å²) < 4.78 is 0. The third-order valence-electron chi connectivity index (χ3n) is 3.48. The fourth-order valence-corrected chi connectivity index (χ4v) is 2.15. The standard InChI is InChI=1S/C19H21ClN2O2/c1-19(2,3)18(24)22-15-10-8-13(9-11-15)17(23)21-12-14-6-4-5-7-16(14)20/h4-11H,12H2,1-3H3,(H,21,23)(H,22,24). The number of amides is 2. The molecule has 0 atom stereocenters. The Kier molecular flexibility index (Phi) is 5.62. The summed E-state index contributed by atoms with van der Waals surface area (Å²) in [6.45, 7) is 5.90. The SMILES string of the molecule is CC(C)(C)C(=O)Nc1ccc(C(=O)NCc2ccccc2Cl)cc1. The van der Waals surface area contributed by atoms with Gasteiger partial charge in [0.2, 0.25) is 5.91 Å². The second kappa shape index (κ2) is 7.49. The van der Waals surface area contributed by atoms with Gasteiger partial charge in [0.1, 0.15) is 0 Å². The Morgan fingerprint density at radius 3 is 2.21 bits per heavy atom. The summed E-state index contributed by atoms with van der Waals surface area (Å²) >= 11 is 6.07. The average molecular weight is 345 g/mol.